The van der Waals surface area contributed by atoms with Crippen LogP contribution in [0, 0.1) is 0 Å². The molecule has 0 saturated carbocycles. The van der Waals surface area contributed by atoms with E-state index in [-0.39, 0.29) is 48.2 Å². The van der Waals surface area contributed by atoms with E-state index in [4.69, 9.17) is 22.1 Å². The number of piperazine rings is 1. The van der Waals surface area contributed by atoms with Gasteiger partial charge in [-0.1, -0.05) is 29.8 Å². The lowest BCUT2D eigenvalue weighted by Gasteiger charge is -2.44. The molecule has 3 saturated heterocycles. The summed E-state index contributed by atoms with van der Waals surface area (Å²) < 4.78 is 47.4. The number of ether oxygens (including phenoxy) is 1. The van der Waals surface area contributed by atoms with Crippen LogP contribution in [-0.4, -0.2) is 137 Å². The average molecular weight is 778 g/mol. The predicted molar refractivity (Wildman–Crippen MR) is 195 cm³/mol. The first kappa shape index (κ1) is 39.4. The highest BCUT2D eigenvalue weighted by atomic mass is 35.5. The lowest BCUT2D eigenvalue weighted by molar-refractivity contribution is -0.143. The van der Waals surface area contributed by atoms with Crippen LogP contribution < -0.4 is 11.1 Å². The van der Waals surface area contributed by atoms with E-state index < -0.39 is 47.5 Å². The van der Waals surface area contributed by atoms with E-state index in [1.807, 2.05) is 29.2 Å². The second kappa shape index (κ2) is 16.6. The molecule has 4 aliphatic rings. The van der Waals surface area contributed by atoms with Crippen LogP contribution in [-0.2, 0) is 33.3 Å². The van der Waals surface area contributed by atoms with Gasteiger partial charge in [0.1, 0.15) is 6.04 Å². The van der Waals surface area contributed by atoms with Crippen molar-refractivity contribution in [2.24, 2.45) is 0 Å². The molecule has 4 N–H and O–H groups in total. The predicted octanol–water partition coefficient (Wildman–Crippen LogP) is 4.63. The Morgan fingerprint density at radius 3 is 2.24 bits per heavy atom. The Bertz CT molecular complexity index is 1710. The summed E-state index contributed by atoms with van der Waals surface area (Å²) in [5, 5.41) is 12.0. The minimum Gasteiger partial charge on any atom is -0.480 e. The molecule has 17 heteroatoms. The number of halogens is 4. The van der Waals surface area contributed by atoms with Gasteiger partial charge in [0.25, 0.3) is 5.91 Å². The highest BCUT2D eigenvalue weighted by Crippen LogP contribution is 2.38. The fourth-order valence-corrected chi connectivity index (χ4v) is 8.26. The van der Waals surface area contributed by atoms with Gasteiger partial charge in [0.15, 0.2) is 6.10 Å². The van der Waals surface area contributed by atoms with Gasteiger partial charge >= 0.3 is 24.3 Å². The molecule has 3 fully saturated rings. The summed E-state index contributed by atoms with van der Waals surface area (Å²) in [5.41, 5.74) is 5.76. The number of anilines is 2. The van der Waals surface area contributed by atoms with Crippen molar-refractivity contribution in [1.82, 2.24) is 24.5 Å². The second-order valence-electron chi connectivity index (χ2n) is 14.5. The van der Waals surface area contributed by atoms with E-state index in [0.717, 1.165) is 30.2 Å². The molecule has 2 atom stereocenters. The van der Waals surface area contributed by atoms with E-state index in [2.05, 4.69) is 10.2 Å². The minimum atomic E-state index is -4.80. The number of piperidine rings is 2. The Morgan fingerprint density at radius 2 is 1.59 bits per heavy atom. The number of nitrogens with one attached hydrogen (secondary N) is 1. The number of para-hydroxylation sites is 1. The lowest BCUT2D eigenvalue weighted by Crippen LogP contribution is -2.57. The van der Waals surface area contributed by atoms with Crippen LogP contribution in [0.1, 0.15) is 49.3 Å². The fraction of sp³-hybridized carbons (Fsp3) is 0.568. The van der Waals surface area contributed by atoms with Gasteiger partial charge in [-0.25, -0.2) is 9.59 Å². The van der Waals surface area contributed by atoms with E-state index >= 15 is 0 Å². The molecule has 0 spiro atoms. The number of alkyl halides is 3. The summed E-state index contributed by atoms with van der Waals surface area (Å²) in [5.74, 6) is -1.38. The zero-order valence-electron chi connectivity index (χ0n) is 30.2. The Hall–Kier alpha value is -4.28. The number of aliphatic carboxylic acids is 1. The highest BCUT2D eigenvalue weighted by Gasteiger charge is 2.39. The van der Waals surface area contributed by atoms with E-state index in [0.29, 0.717) is 65.1 Å². The van der Waals surface area contributed by atoms with Crippen molar-refractivity contribution in [1.29, 1.82) is 0 Å². The first-order chi connectivity index (χ1) is 25.7. The van der Waals surface area contributed by atoms with Gasteiger partial charge in [-0.3, -0.25) is 19.4 Å². The van der Waals surface area contributed by atoms with E-state index in [1.54, 1.807) is 16.7 Å². The fourth-order valence-electron chi connectivity index (χ4n) is 8.02. The number of hydrogen-bond acceptors (Lipinski definition) is 8. The number of nitrogen functional groups attached to an aromatic ring is 1. The number of amides is 4. The number of fused-ring (bicyclic) bond motifs is 1. The molecule has 0 aromatic heterocycles. The van der Waals surface area contributed by atoms with Crippen LogP contribution in [0.4, 0.5) is 34.1 Å². The van der Waals surface area contributed by atoms with Crippen LogP contribution in [0.3, 0.4) is 0 Å². The van der Waals surface area contributed by atoms with Gasteiger partial charge in [0.2, 0.25) is 0 Å². The number of benzene rings is 2. The second-order valence-corrected chi connectivity index (χ2v) is 14.9. The molecule has 54 heavy (non-hydrogen) atoms. The Kier molecular flexibility index (Phi) is 12.1. The van der Waals surface area contributed by atoms with Crippen LogP contribution in [0.5, 0.6) is 0 Å². The Balaban J connectivity index is 1.10. The molecule has 0 aliphatic carbocycles. The van der Waals surface area contributed by atoms with Gasteiger partial charge in [-0.2, -0.15) is 13.2 Å². The number of carboxylic acid groups (broad SMARTS) is 1. The molecule has 4 heterocycles. The number of urea groups is 1. The highest BCUT2D eigenvalue weighted by molar-refractivity contribution is 6.33. The maximum atomic E-state index is 14.1. The molecule has 0 radical (unpaired) electrons. The molecule has 1 unspecified atom stereocenters. The van der Waals surface area contributed by atoms with Crippen LogP contribution in [0.15, 0.2) is 36.4 Å². The number of nitrogens with two attached hydrogens (primary N) is 1. The van der Waals surface area contributed by atoms with Crippen molar-refractivity contribution in [3.05, 3.63) is 58.1 Å². The average Bonchev–Trinajstić information content (AvgIpc) is 3.33. The van der Waals surface area contributed by atoms with E-state index in [9.17, 15) is 37.5 Å². The number of hydrogen-bond donors (Lipinski definition) is 3. The first-order valence-electron chi connectivity index (χ1n) is 18.5. The van der Waals surface area contributed by atoms with Crippen LogP contribution in [0.2, 0.25) is 5.02 Å². The topological polar surface area (TPSA) is 152 Å². The maximum Gasteiger partial charge on any atom is 0.418 e. The maximum absolute atomic E-state index is 14.1. The van der Waals surface area contributed by atoms with Crippen molar-refractivity contribution < 1.29 is 42.2 Å². The number of likely N-dealkylation sites (tertiary alicyclic amines) is 2. The first-order valence-corrected chi connectivity index (χ1v) is 18.8. The summed E-state index contributed by atoms with van der Waals surface area (Å²) in [7, 11) is 0. The molecular formula is C37H47ClF3N7O6. The number of carbonyl (C=O) groups excluding carboxylic acids is 3. The Labute approximate surface area is 317 Å². The SMILES string of the molecule is CC(C(=O)O)N1CCC(N2CCN(C(=O)[C@@H](Cc3cc(Cl)c(N)c(C(F)(F)F)c3)OC(=O)N3CCC(N4CCc5ccccc5NC4=O)CC3)CC2)CC1. The zero-order chi connectivity index (χ0) is 38.7. The van der Waals surface area contributed by atoms with Gasteiger partial charge in [-0.15, -0.1) is 0 Å². The third kappa shape index (κ3) is 8.98. The van der Waals surface area contributed by atoms with Gasteiger partial charge in [0.05, 0.1) is 16.3 Å². The summed E-state index contributed by atoms with van der Waals surface area (Å²) >= 11 is 6.11. The molecule has 0 bridgehead atoms. The Morgan fingerprint density at radius 1 is 0.944 bits per heavy atom. The third-order valence-electron chi connectivity index (χ3n) is 11.3. The molecule has 2 aromatic rings. The standard InChI is InChI=1S/C37H47ClF3N7O6/c1-23(34(50)51)44-11-7-26(8-12-44)45-16-18-46(19-17-45)33(49)31(22-24-20-28(37(39,40)41)32(42)29(38)21-24)54-36(53)47-13-9-27(10-14-47)48-15-6-25-4-2-3-5-30(25)43-35(48)52/h2-5,20-21,23,26-27,31H,6-19,22,42H2,1H3,(H,43,52)(H,50,51)/t23?,31-/m1/s1. The van der Waals surface area contributed by atoms with Gasteiger partial charge in [-0.05, 0) is 68.4 Å². The van der Waals surface area contributed by atoms with Gasteiger partial charge in [0, 0.05) is 83.1 Å². The molecule has 6 rings (SSSR count). The smallest absolute Gasteiger partial charge is 0.418 e. The number of carbonyl (C=O) groups is 4. The monoisotopic (exact) mass is 777 g/mol. The summed E-state index contributed by atoms with van der Waals surface area (Å²) in [6.45, 7) is 5.74. The quantitative estimate of drug-likeness (QED) is 0.326. The molecule has 294 valence electrons. The largest absolute Gasteiger partial charge is 0.480 e. The normalized spacial score (nSPS) is 20.8. The molecule has 2 aromatic carbocycles. The summed E-state index contributed by atoms with van der Waals surface area (Å²) in [4.78, 5) is 61.2. The third-order valence-corrected chi connectivity index (χ3v) is 11.6. The van der Waals surface area contributed by atoms with Crippen LogP contribution >= 0.6 is 11.6 Å². The van der Waals surface area contributed by atoms with Crippen molar-refractivity contribution in [2.75, 3.05) is 70.0 Å². The van der Waals surface area contributed by atoms with Crippen molar-refractivity contribution in [3.63, 3.8) is 0 Å². The van der Waals surface area contributed by atoms with Crippen molar-refractivity contribution in [2.45, 2.75) is 75.9 Å². The number of carboxylic acids is 1. The lowest BCUT2D eigenvalue weighted by atomic mass is 10.00. The summed E-state index contributed by atoms with van der Waals surface area (Å²) in [6, 6.07) is 9.07. The summed E-state index contributed by atoms with van der Waals surface area (Å²) in [6.07, 6.45) is -4.11. The minimum absolute atomic E-state index is 0.0422. The molecular weight excluding hydrogens is 731 g/mol. The van der Waals surface area contributed by atoms with E-state index in [1.165, 1.54) is 11.0 Å². The molecule has 4 amide bonds. The van der Waals surface area contributed by atoms with Gasteiger partial charge < -0.3 is 35.6 Å². The van der Waals surface area contributed by atoms with Crippen molar-refractivity contribution >= 4 is 47.0 Å². The van der Waals surface area contributed by atoms with Crippen molar-refractivity contribution in [3.8, 4) is 0 Å². The number of rotatable bonds is 8. The molecule has 4 aliphatic heterocycles. The van der Waals surface area contributed by atoms with Crippen LogP contribution in [0.25, 0.3) is 0 Å². The number of nitrogens with zero attached hydrogens (tertiary/aromatic N) is 5. The molecule has 13 nitrogen and oxygen atoms in total. The zero-order valence-corrected chi connectivity index (χ0v) is 30.9.